The first-order valence-electron chi connectivity index (χ1n) is 8.95. The van der Waals surface area contributed by atoms with Gasteiger partial charge in [0, 0.05) is 24.2 Å². The maximum Gasteiger partial charge on any atom is 0.246 e. The summed E-state index contributed by atoms with van der Waals surface area (Å²) in [7, 11) is 1.75. The number of hydrogen-bond acceptors (Lipinski definition) is 4. The molecule has 0 fully saturated rings. The first-order chi connectivity index (χ1) is 12.7. The minimum Gasteiger partial charge on any atom is -0.356 e. The molecule has 1 aliphatic rings. The number of benzene rings is 1. The topological polar surface area (TPSA) is 75.3 Å². The maximum atomic E-state index is 6.00. The van der Waals surface area contributed by atoms with Crippen molar-refractivity contribution in [2.75, 3.05) is 13.6 Å². The van der Waals surface area contributed by atoms with Gasteiger partial charge >= 0.3 is 0 Å². The lowest BCUT2D eigenvalue weighted by Crippen LogP contribution is -2.37. The second-order valence-corrected chi connectivity index (χ2v) is 6.67. The minimum absolute atomic E-state index is 0.413. The monoisotopic (exact) mass is 373 g/mol. The van der Waals surface area contributed by atoms with Crippen LogP contribution in [0.3, 0.4) is 0 Å². The molecule has 0 atom stereocenters. The highest BCUT2D eigenvalue weighted by atomic mass is 35.5. The van der Waals surface area contributed by atoms with Crippen LogP contribution in [0.2, 0.25) is 5.02 Å². The SMILES string of the molecule is CN=C(NCCC1=CCCCC1)NCc1nc(-c2cccc(Cl)c2)no1. The van der Waals surface area contributed by atoms with Gasteiger partial charge in [-0.3, -0.25) is 4.99 Å². The number of aromatic nitrogens is 2. The van der Waals surface area contributed by atoms with Gasteiger partial charge in [0.2, 0.25) is 11.7 Å². The van der Waals surface area contributed by atoms with Crippen molar-refractivity contribution in [3.05, 3.63) is 46.8 Å². The predicted octanol–water partition coefficient (Wildman–Crippen LogP) is 3.95. The number of aliphatic imine (C=N–C) groups is 1. The summed E-state index contributed by atoms with van der Waals surface area (Å²) in [5.41, 5.74) is 2.37. The lowest BCUT2D eigenvalue weighted by atomic mass is 9.97. The van der Waals surface area contributed by atoms with E-state index in [9.17, 15) is 0 Å². The molecule has 2 aromatic rings. The molecule has 0 saturated carbocycles. The first-order valence-corrected chi connectivity index (χ1v) is 9.33. The van der Waals surface area contributed by atoms with Gasteiger partial charge in [-0.25, -0.2) is 0 Å². The highest BCUT2D eigenvalue weighted by Gasteiger charge is 2.10. The summed E-state index contributed by atoms with van der Waals surface area (Å²) in [4.78, 5) is 8.62. The number of guanidine groups is 1. The van der Waals surface area contributed by atoms with E-state index in [0.29, 0.717) is 23.3 Å². The Hall–Kier alpha value is -2.34. The van der Waals surface area contributed by atoms with Crippen LogP contribution in [0.5, 0.6) is 0 Å². The van der Waals surface area contributed by atoms with Crippen molar-refractivity contribution < 1.29 is 4.52 Å². The van der Waals surface area contributed by atoms with Crippen LogP contribution < -0.4 is 10.6 Å². The van der Waals surface area contributed by atoms with E-state index in [4.69, 9.17) is 16.1 Å². The number of halogens is 1. The summed E-state index contributed by atoms with van der Waals surface area (Å²) in [6, 6.07) is 7.38. The van der Waals surface area contributed by atoms with E-state index in [0.717, 1.165) is 24.5 Å². The summed E-state index contributed by atoms with van der Waals surface area (Å²) in [6.07, 6.45) is 8.50. The molecule has 1 aromatic carbocycles. The van der Waals surface area contributed by atoms with Crippen molar-refractivity contribution in [1.82, 2.24) is 20.8 Å². The van der Waals surface area contributed by atoms with E-state index in [1.807, 2.05) is 24.3 Å². The highest BCUT2D eigenvalue weighted by molar-refractivity contribution is 6.30. The molecule has 0 amide bonds. The average molecular weight is 374 g/mol. The fourth-order valence-corrected chi connectivity index (χ4v) is 3.11. The molecule has 1 heterocycles. The van der Waals surface area contributed by atoms with Gasteiger partial charge in [-0.15, -0.1) is 0 Å². The fourth-order valence-electron chi connectivity index (χ4n) is 2.92. The molecule has 26 heavy (non-hydrogen) atoms. The number of rotatable bonds is 6. The van der Waals surface area contributed by atoms with Gasteiger partial charge in [-0.1, -0.05) is 40.5 Å². The Kier molecular flexibility index (Phi) is 6.66. The van der Waals surface area contributed by atoms with Crippen molar-refractivity contribution in [2.45, 2.75) is 38.6 Å². The third-order valence-electron chi connectivity index (χ3n) is 4.31. The largest absolute Gasteiger partial charge is 0.356 e. The summed E-state index contributed by atoms with van der Waals surface area (Å²) >= 11 is 6.00. The Bertz CT molecular complexity index is 784. The van der Waals surface area contributed by atoms with Crippen LogP contribution in [-0.2, 0) is 6.54 Å². The van der Waals surface area contributed by atoms with Crippen molar-refractivity contribution in [3.8, 4) is 11.4 Å². The minimum atomic E-state index is 0.413. The van der Waals surface area contributed by atoms with Gasteiger partial charge in [0.15, 0.2) is 5.96 Å². The van der Waals surface area contributed by atoms with Crippen LogP contribution in [0.4, 0.5) is 0 Å². The molecule has 3 rings (SSSR count). The molecule has 0 unspecified atom stereocenters. The Morgan fingerprint density at radius 1 is 1.31 bits per heavy atom. The molecule has 1 aliphatic carbocycles. The van der Waals surface area contributed by atoms with Gasteiger partial charge < -0.3 is 15.2 Å². The second kappa shape index (κ2) is 9.38. The van der Waals surface area contributed by atoms with Crippen LogP contribution in [0.1, 0.15) is 38.0 Å². The van der Waals surface area contributed by atoms with Gasteiger partial charge in [0.1, 0.15) is 0 Å². The molecule has 138 valence electrons. The Balaban J connectivity index is 1.47. The van der Waals surface area contributed by atoms with Crippen molar-refractivity contribution in [2.24, 2.45) is 4.99 Å². The number of nitrogens with zero attached hydrogens (tertiary/aromatic N) is 3. The van der Waals surface area contributed by atoms with Crippen LogP contribution >= 0.6 is 11.6 Å². The van der Waals surface area contributed by atoms with E-state index in [-0.39, 0.29) is 0 Å². The van der Waals surface area contributed by atoms with Gasteiger partial charge in [0.05, 0.1) is 6.54 Å². The smallest absolute Gasteiger partial charge is 0.246 e. The second-order valence-electron chi connectivity index (χ2n) is 6.23. The molecule has 0 saturated heterocycles. The Labute approximate surface area is 158 Å². The molecule has 1 aromatic heterocycles. The summed E-state index contributed by atoms with van der Waals surface area (Å²) in [5.74, 6) is 1.75. The lowest BCUT2D eigenvalue weighted by molar-refractivity contribution is 0.375. The normalized spacial score (nSPS) is 14.8. The van der Waals surface area contributed by atoms with Crippen LogP contribution in [0, 0.1) is 0 Å². The van der Waals surface area contributed by atoms with E-state index < -0.39 is 0 Å². The zero-order valence-corrected chi connectivity index (χ0v) is 15.7. The van der Waals surface area contributed by atoms with Gasteiger partial charge in [-0.2, -0.15) is 4.98 Å². The van der Waals surface area contributed by atoms with Crippen LogP contribution in [-0.4, -0.2) is 29.7 Å². The van der Waals surface area contributed by atoms with Gasteiger partial charge in [-0.05, 0) is 44.2 Å². The molecule has 0 radical (unpaired) electrons. The third kappa shape index (κ3) is 5.33. The third-order valence-corrected chi connectivity index (χ3v) is 4.54. The van der Waals surface area contributed by atoms with Crippen molar-refractivity contribution >= 4 is 17.6 Å². The number of nitrogens with one attached hydrogen (secondary N) is 2. The molecule has 0 aliphatic heterocycles. The van der Waals surface area contributed by atoms with Crippen molar-refractivity contribution in [3.63, 3.8) is 0 Å². The molecular weight excluding hydrogens is 350 g/mol. The number of allylic oxidation sites excluding steroid dienone is 1. The quantitative estimate of drug-likeness (QED) is 0.455. The fraction of sp³-hybridized carbons (Fsp3) is 0.421. The first kappa shape index (κ1) is 18.5. The van der Waals surface area contributed by atoms with E-state index in [1.54, 1.807) is 12.6 Å². The summed E-state index contributed by atoms with van der Waals surface area (Å²) in [5, 5.41) is 11.2. The van der Waals surface area contributed by atoms with E-state index in [2.05, 4.69) is 31.8 Å². The molecule has 7 heteroatoms. The molecule has 0 bridgehead atoms. The van der Waals surface area contributed by atoms with Crippen LogP contribution in [0.15, 0.2) is 45.4 Å². The average Bonchev–Trinajstić information content (AvgIpc) is 3.14. The standard InChI is InChI=1S/C19H24ClN5O/c1-21-19(22-11-10-14-6-3-2-4-7-14)23-13-17-24-18(25-26-17)15-8-5-9-16(20)12-15/h5-6,8-9,12H,2-4,7,10-11,13H2,1H3,(H2,21,22,23). The zero-order chi connectivity index (χ0) is 18.2. The lowest BCUT2D eigenvalue weighted by Gasteiger charge is -2.14. The molecular formula is C19H24ClN5O. The zero-order valence-electron chi connectivity index (χ0n) is 15.0. The molecule has 0 spiro atoms. The summed E-state index contributed by atoms with van der Waals surface area (Å²) < 4.78 is 5.29. The molecule has 6 nitrogen and oxygen atoms in total. The molecule has 2 N–H and O–H groups in total. The summed E-state index contributed by atoms with van der Waals surface area (Å²) in [6.45, 7) is 1.28. The van der Waals surface area contributed by atoms with Crippen LogP contribution in [0.25, 0.3) is 11.4 Å². The van der Waals surface area contributed by atoms with Crippen molar-refractivity contribution in [1.29, 1.82) is 0 Å². The van der Waals surface area contributed by atoms with E-state index >= 15 is 0 Å². The van der Waals surface area contributed by atoms with Gasteiger partial charge in [0.25, 0.3) is 0 Å². The number of hydrogen-bond donors (Lipinski definition) is 2. The van der Waals surface area contributed by atoms with E-state index in [1.165, 1.54) is 25.7 Å². The Morgan fingerprint density at radius 3 is 3.00 bits per heavy atom. The maximum absolute atomic E-state index is 6.00. The highest BCUT2D eigenvalue weighted by Crippen LogP contribution is 2.20. The predicted molar refractivity (Wildman–Crippen MR) is 104 cm³/mol. The Morgan fingerprint density at radius 2 is 2.23 bits per heavy atom.